The Morgan fingerprint density at radius 2 is 1.71 bits per heavy atom. The number of hydrogen-bond acceptors (Lipinski definition) is 2. The summed E-state index contributed by atoms with van der Waals surface area (Å²) < 4.78 is 0. The van der Waals surface area contributed by atoms with Crippen LogP contribution in [0.5, 0.6) is 0 Å². The lowest BCUT2D eigenvalue weighted by Crippen LogP contribution is -2.10. The monoisotopic (exact) mass is 297 g/mol. The van der Waals surface area contributed by atoms with Crippen molar-refractivity contribution in [2.75, 3.05) is 5.32 Å². The summed E-state index contributed by atoms with van der Waals surface area (Å²) in [5.41, 5.74) is 5.18. The number of amides is 1. The van der Waals surface area contributed by atoms with Gasteiger partial charge < -0.3 is 5.32 Å². The van der Waals surface area contributed by atoms with Crippen molar-refractivity contribution in [2.24, 2.45) is 0 Å². The first-order valence-electron chi connectivity index (χ1n) is 7.84. The molecule has 1 amide bonds. The minimum atomic E-state index is 0.0485. The van der Waals surface area contributed by atoms with Crippen molar-refractivity contribution < 1.29 is 4.79 Å². The Morgan fingerprint density at radius 1 is 0.905 bits per heavy atom. The van der Waals surface area contributed by atoms with Gasteiger partial charge in [-0.3, -0.25) is 4.79 Å². The molecule has 0 aliphatic heterocycles. The van der Waals surface area contributed by atoms with Gasteiger partial charge in [0.05, 0.1) is 4.88 Å². The second kappa shape index (κ2) is 5.30. The standard InChI is InChI=1S/C18H19NOS/c20-18(17-11-14-4-1-2-7-16(14)21-17)19-15-9-8-12-5-3-6-13(12)10-15/h8-11H,1-7H2,(H,19,20). The lowest BCUT2D eigenvalue weighted by molar-refractivity contribution is 0.103. The third-order valence-corrected chi connectivity index (χ3v) is 5.81. The molecule has 2 aliphatic carbocycles. The largest absolute Gasteiger partial charge is 0.321 e. The van der Waals surface area contributed by atoms with E-state index in [9.17, 15) is 4.79 Å². The van der Waals surface area contributed by atoms with Crippen LogP contribution in [0.3, 0.4) is 0 Å². The van der Waals surface area contributed by atoms with Crippen LogP contribution >= 0.6 is 11.3 Å². The summed E-state index contributed by atoms with van der Waals surface area (Å²) in [6.07, 6.45) is 8.37. The van der Waals surface area contributed by atoms with E-state index < -0.39 is 0 Å². The molecule has 0 saturated carbocycles. The van der Waals surface area contributed by atoms with E-state index in [1.54, 1.807) is 11.3 Å². The Bertz CT molecular complexity index is 678. The minimum absolute atomic E-state index is 0.0485. The number of thiophene rings is 1. The minimum Gasteiger partial charge on any atom is -0.321 e. The Hall–Kier alpha value is -1.61. The first-order valence-corrected chi connectivity index (χ1v) is 8.66. The van der Waals surface area contributed by atoms with E-state index in [1.807, 2.05) is 6.07 Å². The maximum atomic E-state index is 12.4. The molecular weight excluding hydrogens is 278 g/mol. The zero-order valence-electron chi connectivity index (χ0n) is 12.1. The number of anilines is 1. The van der Waals surface area contributed by atoms with E-state index in [2.05, 4.69) is 23.5 Å². The highest BCUT2D eigenvalue weighted by Gasteiger charge is 2.18. The van der Waals surface area contributed by atoms with Gasteiger partial charge in [-0.05, 0) is 79.8 Å². The van der Waals surface area contributed by atoms with Gasteiger partial charge in [0.1, 0.15) is 0 Å². The molecular formula is C18H19NOS. The van der Waals surface area contributed by atoms with Gasteiger partial charge in [-0.15, -0.1) is 11.3 Å². The van der Waals surface area contributed by atoms with Crippen LogP contribution in [-0.4, -0.2) is 5.91 Å². The van der Waals surface area contributed by atoms with Crippen LogP contribution in [0.25, 0.3) is 0 Å². The number of hydrogen-bond donors (Lipinski definition) is 1. The van der Waals surface area contributed by atoms with Crippen LogP contribution in [0.1, 0.15) is 50.5 Å². The van der Waals surface area contributed by atoms with Crippen molar-refractivity contribution in [2.45, 2.75) is 44.9 Å². The topological polar surface area (TPSA) is 29.1 Å². The van der Waals surface area contributed by atoms with Gasteiger partial charge in [0.2, 0.25) is 0 Å². The van der Waals surface area contributed by atoms with Crippen molar-refractivity contribution in [3.8, 4) is 0 Å². The van der Waals surface area contributed by atoms with E-state index >= 15 is 0 Å². The van der Waals surface area contributed by atoms with Crippen LogP contribution in [0, 0.1) is 0 Å². The predicted octanol–water partition coefficient (Wildman–Crippen LogP) is 4.37. The van der Waals surface area contributed by atoms with Gasteiger partial charge >= 0.3 is 0 Å². The lowest BCUT2D eigenvalue weighted by Gasteiger charge is -2.08. The zero-order valence-corrected chi connectivity index (χ0v) is 12.9. The molecule has 0 unspecified atom stereocenters. The summed E-state index contributed by atoms with van der Waals surface area (Å²) in [6.45, 7) is 0. The predicted molar refractivity (Wildman–Crippen MR) is 87.4 cm³/mol. The fourth-order valence-electron chi connectivity index (χ4n) is 3.44. The Balaban J connectivity index is 1.54. The van der Waals surface area contributed by atoms with E-state index in [-0.39, 0.29) is 5.91 Å². The molecule has 2 aromatic rings. The maximum Gasteiger partial charge on any atom is 0.265 e. The number of fused-ring (bicyclic) bond motifs is 2. The van der Waals surface area contributed by atoms with E-state index in [4.69, 9.17) is 0 Å². The summed E-state index contributed by atoms with van der Waals surface area (Å²) in [5, 5.41) is 3.07. The van der Waals surface area contributed by atoms with Crippen LogP contribution in [0.4, 0.5) is 5.69 Å². The van der Waals surface area contributed by atoms with Crippen molar-refractivity contribution in [3.63, 3.8) is 0 Å². The Kier molecular flexibility index (Phi) is 3.30. The Labute approximate surface area is 129 Å². The fraction of sp³-hybridized carbons (Fsp3) is 0.389. The first-order chi connectivity index (χ1) is 10.3. The van der Waals surface area contributed by atoms with Crippen molar-refractivity contribution >= 4 is 22.9 Å². The molecule has 2 aliphatic rings. The highest BCUT2D eigenvalue weighted by Crippen LogP contribution is 2.30. The molecule has 0 saturated heterocycles. The number of carbonyl (C=O) groups excluding carboxylic acids is 1. The molecule has 21 heavy (non-hydrogen) atoms. The number of rotatable bonds is 2. The third kappa shape index (κ3) is 2.51. The summed E-state index contributed by atoms with van der Waals surface area (Å²) >= 11 is 1.68. The molecule has 0 bridgehead atoms. The molecule has 1 aromatic carbocycles. The number of aryl methyl sites for hydroxylation is 4. The molecule has 0 spiro atoms. The van der Waals surface area contributed by atoms with Gasteiger partial charge in [0.15, 0.2) is 0 Å². The molecule has 2 nitrogen and oxygen atoms in total. The number of carbonyl (C=O) groups is 1. The average Bonchev–Trinajstić information content (AvgIpc) is 3.13. The van der Waals surface area contributed by atoms with Crippen molar-refractivity contribution in [1.82, 2.24) is 0 Å². The van der Waals surface area contributed by atoms with Gasteiger partial charge in [-0.1, -0.05) is 6.07 Å². The Morgan fingerprint density at radius 3 is 2.62 bits per heavy atom. The molecule has 0 fully saturated rings. The van der Waals surface area contributed by atoms with Gasteiger partial charge in [-0.25, -0.2) is 0 Å². The second-order valence-corrected chi connectivity index (χ2v) is 7.19. The van der Waals surface area contributed by atoms with E-state index in [1.165, 1.54) is 47.3 Å². The molecule has 108 valence electrons. The number of benzene rings is 1. The summed E-state index contributed by atoms with van der Waals surface area (Å²) in [7, 11) is 0. The molecule has 0 atom stereocenters. The number of nitrogens with one attached hydrogen (secondary N) is 1. The van der Waals surface area contributed by atoms with E-state index in [0.717, 1.165) is 29.8 Å². The van der Waals surface area contributed by atoms with Crippen molar-refractivity contribution in [3.05, 3.63) is 50.7 Å². The van der Waals surface area contributed by atoms with E-state index in [0.29, 0.717) is 0 Å². The zero-order chi connectivity index (χ0) is 14.2. The van der Waals surface area contributed by atoms with Crippen LogP contribution < -0.4 is 5.32 Å². The third-order valence-electron chi connectivity index (χ3n) is 4.58. The molecule has 3 heteroatoms. The maximum absolute atomic E-state index is 12.4. The first kappa shape index (κ1) is 13.1. The van der Waals surface area contributed by atoms with Gasteiger partial charge in [0, 0.05) is 10.6 Å². The van der Waals surface area contributed by atoms with Gasteiger partial charge in [0.25, 0.3) is 5.91 Å². The highest BCUT2D eigenvalue weighted by atomic mass is 32.1. The summed E-state index contributed by atoms with van der Waals surface area (Å²) in [4.78, 5) is 14.7. The molecule has 1 N–H and O–H groups in total. The molecule has 0 radical (unpaired) electrons. The van der Waals surface area contributed by atoms with Crippen LogP contribution in [-0.2, 0) is 25.7 Å². The van der Waals surface area contributed by atoms with Crippen LogP contribution in [0.2, 0.25) is 0 Å². The van der Waals surface area contributed by atoms with Crippen LogP contribution in [0.15, 0.2) is 24.3 Å². The smallest absolute Gasteiger partial charge is 0.265 e. The second-order valence-electron chi connectivity index (χ2n) is 6.06. The molecule has 1 aromatic heterocycles. The summed E-state index contributed by atoms with van der Waals surface area (Å²) in [6, 6.07) is 8.45. The SMILES string of the molecule is O=C(Nc1ccc2c(c1)CCC2)c1cc2c(s1)CCCC2. The fourth-order valence-corrected chi connectivity index (χ4v) is 4.59. The average molecular weight is 297 g/mol. The molecule has 4 rings (SSSR count). The summed E-state index contributed by atoms with van der Waals surface area (Å²) in [5.74, 6) is 0.0485. The van der Waals surface area contributed by atoms with Crippen molar-refractivity contribution in [1.29, 1.82) is 0 Å². The highest BCUT2D eigenvalue weighted by molar-refractivity contribution is 7.14. The van der Waals surface area contributed by atoms with Gasteiger partial charge in [-0.2, -0.15) is 0 Å². The normalized spacial score (nSPS) is 16.4. The lowest BCUT2D eigenvalue weighted by atomic mass is 9.99. The molecule has 1 heterocycles. The quantitative estimate of drug-likeness (QED) is 0.876.